The van der Waals surface area contributed by atoms with Crippen LogP contribution in [-0.4, -0.2) is 12.2 Å². The standard InChI is InChI=1S/C16H13F3O/c17-14-9-5-4-8-12(14)16(20)13(10-15(18)19)11-6-2-1-3-7-11/h1-9,13,15H,10H2. The van der Waals surface area contributed by atoms with Crippen LogP contribution in [0.3, 0.4) is 0 Å². The van der Waals surface area contributed by atoms with Gasteiger partial charge in [0.2, 0.25) is 6.43 Å². The lowest BCUT2D eigenvalue weighted by Crippen LogP contribution is -2.17. The van der Waals surface area contributed by atoms with Crippen molar-refractivity contribution in [1.29, 1.82) is 0 Å². The summed E-state index contributed by atoms with van der Waals surface area (Å²) in [6, 6.07) is 13.7. The monoisotopic (exact) mass is 278 g/mol. The molecule has 0 aromatic heterocycles. The molecule has 0 aliphatic heterocycles. The number of Topliss-reactive ketones (excluding diaryl/α,β-unsaturated/α-hetero) is 1. The van der Waals surface area contributed by atoms with Crippen LogP contribution in [0.15, 0.2) is 54.6 Å². The number of hydrogen-bond donors (Lipinski definition) is 0. The maximum atomic E-state index is 13.6. The Morgan fingerprint density at radius 3 is 2.15 bits per heavy atom. The molecular formula is C16H13F3O. The summed E-state index contributed by atoms with van der Waals surface area (Å²) in [6.45, 7) is 0. The highest BCUT2D eigenvalue weighted by Gasteiger charge is 2.27. The second-order valence-corrected chi connectivity index (χ2v) is 4.43. The summed E-state index contributed by atoms with van der Waals surface area (Å²) < 4.78 is 39.0. The summed E-state index contributed by atoms with van der Waals surface area (Å²) in [7, 11) is 0. The molecule has 104 valence electrons. The first-order valence-electron chi connectivity index (χ1n) is 6.21. The fourth-order valence-corrected chi connectivity index (χ4v) is 2.11. The Morgan fingerprint density at radius 1 is 0.950 bits per heavy atom. The van der Waals surface area contributed by atoms with Gasteiger partial charge in [-0.2, -0.15) is 0 Å². The zero-order valence-electron chi connectivity index (χ0n) is 10.6. The van der Waals surface area contributed by atoms with Crippen molar-refractivity contribution < 1.29 is 18.0 Å². The second-order valence-electron chi connectivity index (χ2n) is 4.43. The van der Waals surface area contributed by atoms with Crippen LogP contribution in [0.5, 0.6) is 0 Å². The van der Waals surface area contributed by atoms with Gasteiger partial charge in [0.15, 0.2) is 5.78 Å². The lowest BCUT2D eigenvalue weighted by molar-refractivity contribution is 0.0857. The van der Waals surface area contributed by atoms with Gasteiger partial charge in [-0.05, 0) is 17.7 Å². The lowest BCUT2D eigenvalue weighted by Gasteiger charge is -2.16. The first kappa shape index (κ1) is 14.3. The van der Waals surface area contributed by atoms with E-state index in [0.29, 0.717) is 5.56 Å². The van der Waals surface area contributed by atoms with Gasteiger partial charge >= 0.3 is 0 Å². The fraction of sp³-hybridized carbons (Fsp3) is 0.188. The molecule has 0 fully saturated rings. The second kappa shape index (κ2) is 6.37. The first-order chi connectivity index (χ1) is 9.59. The summed E-state index contributed by atoms with van der Waals surface area (Å²) in [6.07, 6.45) is -3.24. The van der Waals surface area contributed by atoms with Crippen molar-refractivity contribution in [3.8, 4) is 0 Å². The minimum Gasteiger partial charge on any atom is -0.293 e. The first-order valence-corrected chi connectivity index (χ1v) is 6.21. The topological polar surface area (TPSA) is 17.1 Å². The quantitative estimate of drug-likeness (QED) is 0.739. The third-order valence-corrected chi connectivity index (χ3v) is 3.07. The number of ketones is 1. The van der Waals surface area contributed by atoms with Crippen LogP contribution in [0, 0.1) is 5.82 Å². The molecule has 1 atom stereocenters. The van der Waals surface area contributed by atoms with E-state index in [1.165, 1.54) is 18.2 Å². The molecule has 0 bridgehead atoms. The Bertz CT molecular complexity index is 581. The molecule has 20 heavy (non-hydrogen) atoms. The van der Waals surface area contributed by atoms with Gasteiger partial charge in [0.1, 0.15) is 5.82 Å². The normalized spacial score (nSPS) is 12.4. The molecule has 2 aromatic rings. The van der Waals surface area contributed by atoms with Crippen LogP contribution in [0.1, 0.15) is 28.3 Å². The van der Waals surface area contributed by atoms with E-state index in [1.54, 1.807) is 30.3 Å². The smallest absolute Gasteiger partial charge is 0.239 e. The van der Waals surface area contributed by atoms with Crippen molar-refractivity contribution in [3.63, 3.8) is 0 Å². The SMILES string of the molecule is O=C(c1ccccc1F)C(CC(F)F)c1ccccc1. The third-order valence-electron chi connectivity index (χ3n) is 3.07. The van der Waals surface area contributed by atoms with Gasteiger partial charge in [-0.3, -0.25) is 4.79 Å². The minimum atomic E-state index is -2.63. The van der Waals surface area contributed by atoms with Gasteiger partial charge in [0.05, 0.1) is 11.5 Å². The predicted molar refractivity (Wildman–Crippen MR) is 70.5 cm³/mol. The number of carbonyl (C=O) groups is 1. The Hall–Kier alpha value is -2.10. The Morgan fingerprint density at radius 2 is 1.55 bits per heavy atom. The van der Waals surface area contributed by atoms with Crippen LogP contribution in [0.4, 0.5) is 13.2 Å². The number of hydrogen-bond acceptors (Lipinski definition) is 1. The van der Waals surface area contributed by atoms with Crippen LogP contribution in [0.25, 0.3) is 0 Å². The molecule has 0 aliphatic carbocycles. The Kier molecular flexibility index (Phi) is 4.56. The van der Waals surface area contributed by atoms with Gasteiger partial charge in [0.25, 0.3) is 0 Å². The zero-order chi connectivity index (χ0) is 14.5. The molecule has 4 heteroatoms. The number of alkyl halides is 2. The maximum Gasteiger partial charge on any atom is 0.239 e. The Balaban J connectivity index is 2.37. The summed E-state index contributed by atoms with van der Waals surface area (Å²) in [5.41, 5.74) is 0.322. The van der Waals surface area contributed by atoms with Gasteiger partial charge < -0.3 is 0 Å². The number of rotatable bonds is 5. The third kappa shape index (κ3) is 3.26. The highest BCUT2D eigenvalue weighted by Crippen LogP contribution is 2.28. The van der Waals surface area contributed by atoms with E-state index in [-0.39, 0.29) is 5.56 Å². The van der Waals surface area contributed by atoms with E-state index in [1.807, 2.05) is 0 Å². The van der Waals surface area contributed by atoms with Crippen molar-refractivity contribution >= 4 is 5.78 Å². The molecule has 2 rings (SSSR count). The zero-order valence-corrected chi connectivity index (χ0v) is 10.6. The number of carbonyl (C=O) groups excluding carboxylic acids is 1. The van der Waals surface area contributed by atoms with Crippen LogP contribution < -0.4 is 0 Å². The lowest BCUT2D eigenvalue weighted by atomic mass is 9.88. The van der Waals surface area contributed by atoms with Crippen LogP contribution in [-0.2, 0) is 0 Å². The van der Waals surface area contributed by atoms with Crippen LogP contribution in [0.2, 0.25) is 0 Å². The van der Waals surface area contributed by atoms with E-state index in [4.69, 9.17) is 0 Å². The Labute approximate surface area is 115 Å². The number of benzene rings is 2. The molecular weight excluding hydrogens is 265 g/mol. The molecule has 0 radical (unpaired) electrons. The summed E-state index contributed by atoms with van der Waals surface area (Å²) in [4.78, 5) is 12.3. The van der Waals surface area contributed by atoms with E-state index in [2.05, 4.69) is 0 Å². The van der Waals surface area contributed by atoms with Crippen LogP contribution >= 0.6 is 0 Å². The average molecular weight is 278 g/mol. The molecule has 0 N–H and O–H groups in total. The predicted octanol–water partition coefficient (Wildman–Crippen LogP) is 4.45. The van der Waals surface area contributed by atoms with Gasteiger partial charge in [-0.1, -0.05) is 42.5 Å². The van der Waals surface area contributed by atoms with E-state index in [0.717, 1.165) is 6.07 Å². The molecule has 0 saturated heterocycles. The molecule has 0 aliphatic rings. The van der Waals surface area contributed by atoms with Gasteiger partial charge in [0, 0.05) is 6.42 Å². The largest absolute Gasteiger partial charge is 0.293 e. The molecule has 0 heterocycles. The fourth-order valence-electron chi connectivity index (χ4n) is 2.11. The summed E-state index contributed by atoms with van der Waals surface area (Å²) in [5.74, 6) is -2.34. The van der Waals surface area contributed by atoms with E-state index < -0.39 is 30.4 Å². The highest BCUT2D eigenvalue weighted by molar-refractivity contribution is 6.01. The molecule has 2 aromatic carbocycles. The molecule has 0 amide bonds. The number of halogens is 3. The van der Waals surface area contributed by atoms with E-state index in [9.17, 15) is 18.0 Å². The summed E-state index contributed by atoms with van der Waals surface area (Å²) >= 11 is 0. The molecule has 0 saturated carbocycles. The van der Waals surface area contributed by atoms with Crippen molar-refractivity contribution in [1.82, 2.24) is 0 Å². The molecule has 1 nitrogen and oxygen atoms in total. The van der Waals surface area contributed by atoms with E-state index >= 15 is 0 Å². The summed E-state index contributed by atoms with van der Waals surface area (Å²) in [5, 5.41) is 0. The van der Waals surface area contributed by atoms with Crippen molar-refractivity contribution in [2.75, 3.05) is 0 Å². The van der Waals surface area contributed by atoms with Gasteiger partial charge in [-0.15, -0.1) is 0 Å². The highest BCUT2D eigenvalue weighted by atomic mass is 19.3. The van der Waals surface area contributed by atoms with Gasteiger partial charge in [-0.25, -0.2) is 13.2 Å². The van der Waals surface area contributed by atoms with Crippen molar-refractivity contribution in [2.45, 2.75) is 18.8 Å². The average Bonchev–Trinajstić information content (AvgIpc) is 2.45. The maximum absolute atomic E-state index is 13.6. The van der Waals surface area contributed by atoms with Crippen molar-refractivity contribution in [3.05, 3.63) is 71.5 Å². The minimum absolute atomic E-state index is 0.151. The van der Waals surface area contributed by atoms with Crippen molar-refractivity contribution in [2.24, 2.45) is 0 Å². The molecule has 1 unspecified atom stereocenters. The molecule has 0 spiro atoms.